The van der Waals surface area contributed by atoms with E-state index in [9.17, 15) is 18.4 Å². The molecule has 0 fully saturated rings. The number of amides is 1. The van der Waals surface area contributed by atoms with Gasteiger partial charge in [0.15, 0.2) is 5.65 Å². The summed E-state index contributed by atoms with van der Waals surface area (Å²) >= 11 is 0. The van der Waals surface area contributed by atoms with Gasteiger partial charge in [0, 0.05) is 35.7 Å². The first kappa shape index (κ1) is 34.3. The van der Waals surface area contributed by atoms with Crippen LogP contribution in [0.3, 0.4) is 0 Å². The van der Waals surface area contributed by atoms with Crippen molar-refractivity contribution in [3.05, 3.63) is 81.6 Å². The van der Waals surface area contributed by atoms with Gasteiger partial charge in [-0.1, -0.05) is 53.7 Å². The van der Waals surface area contributed by atoms with Crippen LogP contribution in [0.1, 0.15) is 63.9 Å². The minimum absolute atomic E-state index is 0.0526. The van der Waals surface area contributed by atoms with Crippen molar-refractivity contribution < 1.29 is 13.6 Å². The van der Waals surface area contributed by atoms with E-state index >= 15 is 0 Å². The fourth-order valence-electron chi connectivity index (χ4n) is 4.78. The quantitative estimate of drug-likeness (QED) is 0.177. The second-order valence-electron chi connectivity index (χ2n) is 10.7. The number of hydrogen-bond acceptors (Lipinski definition) is 6. The molecule has 0 bridgehead atoms. The molecular formula is C34H44F2N6O2. The molecule has 4 rings (SSSR count). The summed E-state index contributed by atoms with van der Waals surface area (Å²) in [7, 11) is 0. The molecule has 236 valence electrons. The first-order valence-electron chi connectivity index (χ1n) is 15.4. The van der Waals surface area contributed by atoms with E-state index in [-0.39, 0.29) is 23.4 Å². The van der Waals surface area contributed by atoms with Crippen LogP contribution in [0.5, 0.6) is 0 Å². The van der Waals surface area contributed by atoms with Gasteiger partial charge in [-0.2, -0.15) is 4.98 Å². The number of aryl methyl sites for hydroxylation is 1. The highest BCUT2D eigenvalue weighted by atomic mass is 19.1. The Morgan fingerprint density at radius 3 is 2.32 bits per heavy atom. The number of anilines is 1. The zero-order valence-corrected chi connectivity index (χ0v) is 26.8. The maximum absolute atomic E-state index is 15.0. The number of halogens is 2. The molecule has 10 heteroatoms. The average Bonchev–Trinajstić information content (AvgIpc) is 3.01. The molecule has 0 saturated carbocycles. The lowest BCUT2D eigenvalue weighted by Crippen LogP contribution is -2.27. The third-order valence-electron chi connectivity index (χ3n) is 7.17. The SMILES string of the molecule is CC.CCN(CC)CCCNc1nc(-c2cc(C(=O)NCC(C)C)ccc2C)c2ccc(=O)n(-c3c(F)cccc3F)c2n1. The molecule has 0 unspecified atom stereocenters. The van der Waals surface area contributed by atoms with Crippen molar-refractivity contribution in [3.8, 4) is 16.9 Å². The minimum Gasteiger partial charge on any atom is -0.354 e. The number of fused-ring (bicyclic) bond motifs is 1. The lowest BCUT2D eigenvalue weighted by molar-refractivity contribution is 0.0949. The van der Waals surface area contributed by atoms with E-state index < -0.39 is 22.9 Å². The molecule has 1 amide bonds. The Hall–Kier alpha value is -4.18. The number of rotatable bonds is 12. The third-order valence-corrected chi connectivity index (χ3v) is 7.17. The van der Waals surface area contributed by atoms with Crippen LogP contribution in [0, 0.1) is 24.5 Å². The van der Waals surface area contributed by atoms with Crippen molar-refractivity contribution in [2.24, 2.45) is 5.92 Å². The van der Waals surface area contributed by atoms with Gasteiger partial charge in [0.1, 0.15) is 17.3 Å². The number of hydrogen-bond donors (Lipinski definition) is 2. The summed E-state index contributed by atoms with van der Waals surface area (Å²) in [4.78, 5) is 37.7. The number of aromatic nitrogens is 3. The van der Waals surface area contributed by atoms with Crippen LogP contribution in [0.4, 0.5) is 14.7 Å². The van der Waals surface area contributed by atoms with Crippen molar-refractivity contribution in [1.82, 2.24) is 24.8 Å². The van der Waals surface area contributed by atoms with Crippen molar-refractivity contribution in [1.29, 1.82) is 0 Å². The number of para-hydroxylation sites is 1. The van der Waals surface area contributed by atoms with Crippen molar-refractivity contribution in [2.75, 3.05) is 38.0 Å². The molecule has 44 heavy (non-hydrogen) atoms. The van der Waals surface area contributed by atoms with Gasteiger partial charge in [-0.3, -0.25) is 14.2 Å². The smallest absolute Gasteiger partial charge is 0.256 e. The summed E-state index contributed by atoms with van der Waals surface area (Å²) in [6.07, 6.45) is 0.812. The van der Waals surface area contributed by atoms with Crippen LogP contribution < -0.4 is 16.2 Å². The fourth-order valence-corrected chi connectivity index (χ4v) is 4.78. The zero-order chi connectivity index (χ0) is 32.4. The topological polar surface area (TPSA) is 92.2 Å². The largest absolute Gasteiger partial charge is 0.354 e. The lowest BCUT2D eigenvalue weighted by Gasteiger charge is -2.18. The number of nitrogens with one attached hydrogen (secondary N) is 2. The minimum atomic E-state index is -0.890. The second kappa shape index (κ2) is 16.0. The first-order valence-corrected chi connectivity index (χ1v) is 15.4. The predicted octanol–water partition coefficient (Wildman–Crippen LogP) is 6.59. The van der Waals surface area contributed by atoms with Gasteiger partial charge in [-0.25, -0.2) is 13.8 Å². The summed E-state index contributed by atoms with van der Waals surface area (Å²) in [6, 6.07) is 11.6. The van der Waals surface area contributed by atoms with E-state index in [2.05, 4.69) is 34.4 Å². The van der Waals surface area contributed by atoms with Gasteiger partial charge >= 0.3 is 0 Å². The molecule has 2 N–H and O–H groups in total. The molecule has 4 aromatic rings. The van der Waals surface area contributed by atoms with Crippen molar-refractivity contribution >= 4 is 22.9 Å². The average molecular weight is 607 g/mol. The molecule has 0 aliphatic carbocycles. The van der Waals surface area contributed by atoms with Crippen LogP contribution in [0.15, 0.2) is 53.3 Å². The maximum atomic E-state index is 15.0. The van der Waals surface area contributed by atoms with E-state index in [1.165, 1.54) is 12.1 Å². The van der Waals surface area contributed by atoms with Gasteiger partial charge in [0.2, 0.25) is 5.95 Å². The van der Waals surface area contributed by atoms with E-state index in [1.54, 1.807) is 18.2 Å². The van der Waals surface area contributed by atoms with E-state index in [0.29, 0.717) is 35.3 Å². The maximum Gasteiger partial charge on any atom is 0.256 e. The molecule has 2 aromatic carbocycles. The number of pyridine rings is 1. The van der Waals surface area contributed by atoms with Gasteiger partial charge in [-0.15, -0.1) is 0 Å². The molecule has 2 aromatic heterocycles. The predicted molar refractivity (Wildman–Crippen MR) is 175 cm³/mol. The summed E-state index contributed by atoms with van der Waals surface area (Å²) in [6.45, 7) is 18.0. The number of benzene rings is 2. The molecule has 8 nitrogen and oxygen atoms in total. The van der Waals surface area contributed by atoms with Gasteiger partial charge < -0.3 is 15.5 Å². The Labute approximate surface area is 258 Å². The van der Waals surface area contributed by atoms with E-state index in [4.69, 9.17) is 4.98 Å². The van der Waals surface area contributed by atoms with Crippen LogP contribution in [-0.4, -0.2) is 58.1 Å². The molecule has 0 aliphatic heterocycles. The molecular weight excluding hydrogens is 562 g/mol. The standard InChI is InChI=1S/C32H38F2N6O2.C2H6/c1-6-39(7-2)17-9-16-35-32-37-28(24-18-22(13-12-21(24)5)31(42)36-19-20(3)4)23-14-15-27(41)40(30(23)38-32)29-25(33)10-8-11-26(29)34;1-2/h8,10-15,18,20H,6-7,9,16-17,19H2,1-5H3,(H,36,42)(H,35,37,38);1-2H3. The Morgan fingerprint density at radius 2 is 1.68 bits per heavy atom. The zero-order valence-electron chi connectivity index (χ0n) is 26.8. The van der Waals surface area contributed by atoms with Gasteiger partial charge in [0.25, 0.3) is 11.5 Å². The summed E-state index contributed by atoms with van der Waals surface area (Å²) in [5.74, 6) is -1.50. The molecule has 0 spiro atoms. The van der Waals surface area contributed by atoms with Gasteiger partial charge in [-0.05, 0) is 74.8 Å². The number of nitrogens with zero attached hydrogens (tertiary/aromatic N) is 4. The van der Waals surface area contributed by atoms with Gasteiger partial charge in [0.05, 0.1) is 5.69 Å². The summed E-state index contributed by atoms with van der Waals surface area (Å²) < 4.78 is 30.9. The molecule has 0 saturated heterocycles. The highest BCUT2D eigenvalue weighted by molar-refractivity contribution is 5.98. The summed E-state index contributed by atoms with van der Waals surface area (Å²) in [5, 5.41) is 6.58. The van der Waals surface area contributed by atoms with Crippen LogP contribution in [0.2, 0.25) is 0 Å². The van der Waals surface area contributed by atoms with Crippen LogP contribution in [0.25, 0.3) is 28.0 Å². The van der Waals surface area contributed by atoms with Crippen molar-refractivity contribution in [3.63, 3.8) is 0 Å². The Morgan fingerprint density at radius 1 is 1.00 bits per heavy atom. The number of carbonyl (C=O) groups is 1. The molecule has 0 radical (unpaired) electrons. The molecule has 2 heterocycles. The molecule has 0 atom stereocenters. The lowest BCUT2D eigenvalue weighted by atomic mass is 9.99. The van der Waals surface area contributed by atoms with E-state index in [1.807, 2.05) is 40.7 Å². The number of carbonyl (C=O) groups excluding carboxylic acids is 1. The monoisotopic (exact) mass is 606 g/mol. The first-order chi connectivity index (χ1) is 21.1. The van der Waals surface area contributed by atoms with E-state index in [0.717, 1.165) is 48.3 Å². The highest BCUT2D eigenvalue weighted by Crippen LogP contribution is 2.31. The Kier molecular flexibility index (Phi) is 12.5. The van der Waals surface area contributed by atoms with Crippen LogP contribution in [-0.2, 0) is 0 Å². The Balaban J connectivity index is 0.00000259. The molecule has 0 aliphatic rings. The fraction of sp³-hybridized carbons (Fsp3) is 0.412. The Bertz CT molecular complexity index is 1610. The second-order valence-corrected chi connectivity index (χ2v) is 10.7. The van der Waals surface area contributed by atoms with Crippen molar-refractivity contribution in [2.45, 2.75) is 54.9 Å². The third kappa shape index (κ3) is 8.05. The normalized spacial score (nSPS) is 11.1. The highest BCUT2D eigenvalue weighted by Gasteiger charge is 2.21. The summed E-state index contributed by atoms with van der Waals surface area (Å²) in [5.41, 5.74) is 1.27. The van der Waals surface area contributed by atoms with Crippen LogP contribution >= 0.6 is 0 Å².